The number of nitrogens with two attached hydrogens (primary N) is 1. The molecule has 0 amide bonds. The van der Waals surface area contributed by atoms with Crippen molar-refractivity contribution in [2.45, 2.75) is 19.4 Å². The Labute approximate surface area is 112 Å². The summed E-state index contributed by atoms with van der Waals surface area (Å²) in [6, 6.07) is 10.3. The Morgan fingerprint density at radius 3 is 2.89 bits per heavy atom. The number of ether oxygens (including phenoxy) is 1. The molecule has 3 rings (SSSR count). The Morgan fingerprint density at radius 2 is 2.11 bits per heavy atom. The van der Waals surface area contributed by atoms with Crippen LogP contribution in [0, 0.1) is 6.92 Å². The molecule has 1 aliphatic heterocycles. The van der Waals surface area contributed by atoms with Gasteiger partial charge in [0.05, 0.1) is 12.6 Å². The Bertz CT molecular complexity index is 598. The average molecular weight is 255 g/mol. The first-order valence-electron chi connectivity index (χ1n) is 6.42. The maximum atomic E-state index is 5.73. The number of fused-ring (bicyclic) bond motifs is 1. The highest BCUT2D eigenvalue weighted by Crippen LogP contribution is 2.30. The van der Waals surface area contributed by atoms with E-state index < -0.39 is 0 Å². The number of benzene rings is 1. The third-order valence-electron chi connectivity index (χ3n) is 3.47. The van der Waals surface area contributed by atoms with Crippen molar-refractivity contribution in [1.29, 1.82) is 0 Å². The van der Waals surface area contributed by atoms with Crippen LogP contribution in [0.25, 0.3) is 0 Å². The topological polar surface area (TPSA) is 60.2 Å². The van der Waals surface area contributed by atoms with Gasteiger partial charge in [0.2, 0.25) is 0 Å². The molecule has 0 saturated carbocycles. The fourth-order valence-corrected chi connectivity index (χ4v) is 2.52. The molecule has 0 radical (unpaired) electrons. The summed E-state index contributed by atoms with van der Waals surface area (Å²) in [7, 11) is 0. The van der Waals surface area contributed by atoms with E-state index >= 15 is 0 Å². The Kier molecular flexibility index (Phi) is 3.19. The second kappa shape index (κ2) is 4.99. The molecule has 3 N–H and O–H groups in total. The van der Waals surface area contributed by atoms with Crippen molar-refractivity contribution in [3.05, 3.63) is 58.9 Å². The van der Waals surface area contributed by atoms with Crippen LogP contribution in [0.15, 0.2) is 36.5 Å². The number of rotatable bonds is 3. The van der Waals surface area contributed by atoms with Gasteiger partial charge in [0.25, 0.3) is 0 Å². The lowest BCUT2D eigenvalue weighted by molar-refractivity contribution is 0.357. The second-order valence-corrected chi connectivity index (χ2v) is 4.80. The fraction of sp³-hybridized carbons (Fsp3) is 0.267. The number of hydrogen-bond acceptors (Lipinski definition) is 4. The molecule has 4 heteroatoms. The summed E-state index contributed by atoms with van der Waals surface area (Å²) < 4.78 is 5.53. The maximum Gasteiger partial charge on any atom is 0.122 e. The zero-order valence-corrected chi connectivity index (χ0v) is 10.9. The van der Waals surface area contributed by atoms with E-state index in [9.17, 15) is 0 Å². The molecule has 19 heavy (non-hydrogen) atoms. The van der Waals surface area contributed by atoms with Crippen molar-refractivity contribution in [2.24, 2.45) is 5.84 Å². The quantitative estimate of drug-likeness (QED) is 0.649. The van der Waals surface area contributed by atoms with Crippen molar-refractivity contribution in [3.8, 4) is 5.75 Å². The molecule has 0 saturated heterocycles. The van der Waals surface area contributed by atoms with E-state index in [0.29, 0.717) is 0 Å². The lowest BCUT2D eigenvalue weighted by atomic mass is 9.97. The number of nitrogens with zero attached hydrogens (tertiary/aromatic N) is 1. The third-order valence-corrected chi connectivity index (χ3v) is 3.47. The van der Waals surface area contributed by atoms with Gasteiger partial charge in [-0.2, -0.15) is 0 Å². The zero-order chi connectivity index (χ0) is 13.2. The molecule has 1 aromatic carbocycles. The van der Waals surface area contributed by atoms with Gasteiger partial charge in [-0.25, -0.2) is 5.43 Å². The van der Waals surface area contributed by atoms with Crippen LogP contribution >= 0.6 is 0 Å². The van der Waals surface area contributed by atoms with Crippen molar-refractivity contribution in [2.75, 3.05) is 6.61 Å². The first-order chi connectivity index (χ1) is 9.28. The van der Waals surface area contributed by atoms with Crippen LogP contribution in [0.2, 0.25) is 0 Å². The molecule has 1 aromatic heterocycles. The monoisotopic (exact) mass is 255 g/mol. The minimum absolute atomic E-state index is 0.0207. The molecular weight excluding hydrogens is 238 g/mol. The highest BCUT2D eigenvalue weighted by Gasteiger charge is 2.17. The van der Waals surface area contributed by atoms with Crippen molar-refractivity contribution in [1.82, 2.24) is 10.4 Å². The Hall–Kier alpha value is -1.91. The normalized spacial score (nSPS) is 14.8. The van der Waals surface area contributed by atoms with Crippen molar-refractivity contribution in [3.63, 3.8) is 0 Å². The van der Waals surface area contributed by atoms with Gasteiger partial charge in [-0.3, -0.25) is 10.8 Å². The molecule has 0 aliphatic carbocycles. The van der Waals surface area contributed by atoms with E-state index in [-0.39, 0.29) is 6.04 Å². The summed E-state index contributed by atoms with van der Waals surface area (Å²) in [6.07, 6.45) is 2.78. The van der Waals surface area contributed by atoms with E-state index in [4.69, 9.17) is 10.6 Å². The number of aryl methyl sites for hydroxylation is 1. The summed E-state index contributed by atoms with van der Waals surface area (Å²) in [5, 5.41) is 0. The molecule has 1 atom stereocenters. The lowest BCUT2D eigenvalue weighted by Gasteiger charge is -2.18. The molecule has 2 aromatic rings. The van der Waals surface area contributed by atoms with Crippen LogP contribution in [0.1, 0.15) is 28.4 Å². The average Bonchev–Trinajstić information content (AvgIpc) is 2.87. The molecule has 0 spiro atoms. The van der Waals surface area contributed by atoms with Crippen LogP contribution in [-0.4, -0.2) is 11.6 Å². The van der Waals surface area contributed by atoms with E-state index in [2.05, 4.69) is 22.5 Å². The smallest absolute Gasteiger partial charge is 0.122 e. The summed E-state index contributed by atoms with van der Waals surface area (Å²) in [5.41, 5.74) is 7.40. The standard InChI is InChI=1S/C15H17N3O/c1-10-8-13(4-6-17-10)15(18-16)12-2-3-14-11(9-12)5-7-19-14/h2-4,6,8-9,15,18H,5,7,16H2,1H3. The van der Waals surface area contributed by atoms with Crippen LogP contribution in [0.4, 0.5) is 0 Å². The number of nitrogens with one attached hydrogen (secondary N) is 1. The van der Waals surface area contributed by atoms with Gasteiger partial charge in [0.1, 0.15) is 5.75 Å². The molecule has 98 valence electrons. The van der Waals surface area contributed by atoms with Gasteiger partial charge >= 0.3 is 0 Å². The van der Waals surface area contributed by atoms with Gasteiger partial charge < -0.3 is 4.74 Å². The number of hydrazine groups is 1. The minimum atomic E-state index is -0.0207. The molecule has 0 bridgehead atoms. The highest BCUT2D eigenvalue weighted by molar-refractivity contribution is 5.43. The summed E-state index contributed by atoms with van der Waals surface area (Å²) in [4.78, 5) is 4.22. The van der Waals surface area contributed by atoms with Gasteiger partial charge in [0, 0.05) is 18.3 Å². The Balaban J connectivity index is 1.98. The predicted octanol–water partition coefficient (Wildman–Crippen LogP) is 1.88. The minimum Gasteiger partial charge on any atom is -0.493 e. The number of aromatic nitrogens is 1. The maximum absolute atomic E-state index is 5.73. The summed E-state index contributed by atoms with van der Waals surface area (Å²) in [6.45, 7) is 2.75. The fourth-order valence-electron chi connectivity index (χ4n) is 2.52. The van der Waals surface area contributed by atoms with E-state index in [1.807, 2.05) is 31.3 Å². The first-order valence-corrected chi connectivity index (χ1v) is 6.42. The van der Waals surface area contributed by atoms with E-state index in [1.54, 1.807) is 0 Å². The highest BCUT2D eigenvalue weighted by atomic mass is 16.5. The van der Waals surface area contributed by atoms with Gasteiger partial charge in [-0.05, 0) is 41.8 Å². The third kappa shape index (κ3) is 2.32. The molecule has 1 aliphatic rings. The molecule has 2 heterocycles. The number of pyridine rings is 1. The molecule has 0 fully saturated rings. The molecular formula is C15H17N3O. The zero-order valence-electron chi connectivity index (χ0n) is 10.9. The van der Waals surface area contributed by atoms with Crippen LogP contribution in [0.3, 0.4) is 0 Å². The lowest BCUT2D eigenvalue weighted by Crippen LogP contribution is -2.29. The van der Waals surface area contributed by atoms with Crippen LogP contribution in [-0.2, 0) is 6.42 Å². The number of hydrogen-bond donors (Lipinski definition) is 2. The molecule has 4 nitrogen and oxygen atoms in total. The first kappa shape index (κ1) is 12.1. The largest absolute Gasteiger partial charge is 0.493 e. The van der Waals surface area contributed by atoms with Gasteiger partial charge in [0.15, 0.2) is 0 Å². The molecule has 1 unspecified atom stereocenters. The van der Waals surface area contributed by atoms with Crippen molar-refractivity contribution < 1.29 is 4.74 Å². The van der Waals surface area contributed by atoms with Crippen LogP contribution in [0.5, 0.6) is 5.75 Å². The summed E-state index contributed by atoms with van der Waals surface area (Å²) in [5.74, 6) is 6.72. The Morgan fingerprint density at radius 1 is 1.26 bits per heavy atom. The van der Waals surface area contributed by atoms with Gasteiger partial charge in [-0.1, -0.05) is 12.1 Å². The summed E-state index contributed by atoms with van der Waals surface area (Å²) >= 11 is 0. The van der Waals surface area contributed by atoms with Crippen molar-refractivity contribution >= 4 is 0 Å². The predicted molar refractivity (Wildman–Crippen MR) is 73.8 cm³/mol. The van der Waals surface area contributed by atoms with Crippen LogP contribution < -0.4 is 16.0 Å². The second-order valence-electron chi connectivity index (χ2n) is 4.80. The SMILES string of the molecule is Cc1cc(C(NN)c2ccc3c(c2)CCO3)ccn1. The van der Waals surface area contributed by atoms with E-state index in [1.165, 1.54) is 5.56 Å². The van der Waals surface area contributed by atoms with Gasteiger partial charge in [-0.15, -0.1) is 0 Å². The van der Waals surface area contributed by atoms with E-state index in [0.717, 1.165) is 35.6 Å².